The highest BCUT2D eigenvalue weighted by atomic mass is 32.2. The molecule has 1 aromatic heterocycles. The van der Waals surface area contributed by atoms with Gasteiger partial charge in [-0.15, -0.1) is 4.40 Å². The van der Waals surface area contributed by atoms with E-state index in [4.69, 9.17) is 9.47 Å². The predicted molar refractivity (Wildman–Crippen MR) is 107 cm³/mol. The number of hydrogen-bond donors (Lipinski definition) is 0. The van der Waals surface area contributed by atoms with Crippen LogP contribution in [-0.2, 0) is 21.3 Å². The van der Waals surface area contributed by atoms with Crippen molar-refractivity contribution in [1.29, 1.82) is 0 Å². The van der Waals surface area contributed by atoms with Gasteiger partial charge in [0.2, 0.25) is 4.80 Å². The fraction of sp³-hybridized carbons (Fsp3) is 0.263. The molecule has 0 fully saturated rings. The first kappa shape index (κ1) is 20.1. The molecule has 148 valence electrons. The fourth-order valence-electron chi connectivity index (χ4n) is 2.69. The van der Waals surface area contributed by atoms with Crippen molar-refractivity contribution in [2.24, 2.45) is 4.40 Å². The molecule has 0 N–H and O–H groups in total. The van der Waals surface area contributed by atoms with E-state index in [9.17, 15) is 13.2 Å². The number of hydrogen-bond acceptors (Lipinski definition) is 6. The van der Waals surface area contributed by atoms with E-state index in [1.165, 1.54) is 30.6 Å². The van der Waals surface area contributed by atoms with Crippen LogP contribution < -0.4 is 9.54 Å². The van der Waals surface area contributed by atoms with Gasteiger partial charge >= 0.3 is 5.97 Å². The van der Waals surface area contributed by atoms with Crippen molar-refractivity contribution >= 4 is 37.5 Å². The number of carbonyl (C=O) groups excluding carboxylic acids is 1. The number of esters is 1. The van der Waals surface area contributed by atoms with Gasteiger partial charge in [0, 0.05) is 6.54 Å². The monoisotopic (exact) mass is 420 g/mol. The lowest BCUT2D eigenvalue weighted by atomic mass is 10.2. The van der Waals surface area contributed by atoms with Gasteiger partial charge < -0.3 is 14.0 Å². The molecule has 0 unspecified atom stereocenters. The highest BCUT2D eigenvalue weighted by molar-refractivity contribution is 7.90. The summed E-state index contributed by atoms with van der Waals surface area (Å²) in [5, 5.41) is 0. The van der Waals surface area contributed by atoms with Crippen molar-refractivity contribution < 1.29 is 22.7 Å². The van der Waals surface area contributed by atoms with E-state index in [-0.39, 0.29) is 11.5 Å². The molecular formula is C19H20N2O5S2. The summed E-state index contributed by atoms with van der Waals surface area (Å²) in [7, 11) is -2.37. The number of rotatable bonds is 6. The van der Waals surface area contributed by atoms with E-state index in [1.807, 2.05) is 6.92 Å². The Morgan fingerprint density at radius 2 is 1.86 bits per heavy atom. The predicted octanol–water partition coefficient (Wildman–Crippen LogP) is 3.20. The van der Waals surface area contributed by atoms with Gasteiger partial charge in [-0.25, -0.2) is 4.79 Å². The number of thiazole rings is 1. The molecule has 0 spiro atoms. The molecule has 0 bridgehead atoms. The van der Waals surface area contributed by atoms with Gasteiger partial charge in [-0.05, 0) is 56.3 Å². The van der Waals surface area contributed by atoms with E-state index in [0.717, 1.165) is 10.2 Å². The van der Waals surface area contributed by atoms with Gasteiger partial charge in [0.15, 0.2) is 0 Å². The number of sulfonamides is 1. The summed E-state index contributed by atoms with van der Waals surface area (Å²) in [6.07, 6.45) is 0. The maximum atomic E-state index is 12.7. The van der Waals surface area contributed by atoms with Gasteiger partial charge in [0.25, 0.3) is 10.0 Å². The van der Waals surface area contributed by atoms with Crippen molar-refractivity contribution in [3.8, 4) is 5.75 Å². The number of carbonyl (C=O) groups is 1. The van der Waals surface area contributed by atoms with Crippen LogP contribution in [0.1, 0.15) is 24.2 Å². The second-order valence-corrected chi connectivity index (χ2v) is 8.39. The molecule has 1 heterocycles. The molecule has 7 nitrogen and oxygen atoms in total. The first-order valence-electron chi connectivity index (χ1n) is 8.65. The van der Waals surface area contributed by atoms with Gasteiger partial charge in [-0.1, -0.05) is 11.3 Å². The van der Waals surface area contributed by atoms with Crippen LogP contribution in [0.15, 0.2) is 51.8 Å². The van der Waals surface area contributed by atoms with Gasteiger partial charge in [-0.2, -0.15) is 8.42 Å². The summed E-state index contributed by atoms with van der Waals surface area (Å²) in [6.45, 7) is 4.48. The zero-order chi connectivity index (χ0) is 20.3. The van der Waals surface area contributed by atoms with Crippen LogP contribution >= 0.6 is 11.3 Å². The average molecular weight is 421 g/mol. The number of aryl methyl sites for hydroxylation is 1. The van der Waals surface area contributed by atoms with E-state index in [0.29, 0.717) is 22.7 Å². The third-order valence-electron chi connectivity index (χ3n) is 4.07. The summed E-state index contributed by atoms with van der Waals surface area (Å²) >= 11 is 1.21. The van der Waals surface area contributed by atoms with E-state index in [2.05, 4.69) is 4.40 Å². The third kappa shape index (κ3) is 3.95. The largest absolute Gasteiger partial charge is 0.497 e. The van der Waals surface area contributed by atoms with Crippen LogP contribution in [-0.4, -0.2) is 32.7 Å². The van der Waals surface area contributed by atoms with Crippen LogP contribution in [0, 0.1) is 0 Å². The number of aromatic nitrogens is 1. The summed E-state index contributed by atoms with van der Waals surface area (Å²) in [6, 6.07) is 11.2. The minimum Gasteiger partial charge on any atom is -0.497 e. The van der Waals surface area contributed by atoms with Gasteiger partial charge in [0.05, 0.1) is 34.4 Å². The number of methoxy groups -OCH3 is 1. The molecule has 0 radical (unpaired) electrons. The Morgan fingerprint density at radius 3 is 2.46 bits per heavy atom. The molecular weight excluding hydrogens is 400 g/mol. The van der Waals surface area contributed by atoms with Crippen molar-refractivity contribution in [3.05, 3.63) is 52.8 Å². The minimum absolute atomic E-state index is 0.0839. The summed E-state index contributed by atoms with van der Waals surface area (Å²) in [5.74, 6) is 0.154. The second-order valence-electron chi connectivity index (χ2n) is 5.77. The van der Waals surface area contributed by atoms with Crippen molar-refractivity contribution in [3.63, 3.8) is 0 Å². The zero-order valence-electron chi connectivity index (χ0n) is 15.7. The van der Waals surface area contributed by atoms with Gasteiger partial charge in [0.1, 0.15) is 5.75 Å². The Labute approximate surface area is 166 Å². The van der Waals surface area contributed by atoms with E-state index in [1.54, 1.807) is 41.8 Å². The van der Waals surface area contributed by atoms with Crippen LogP contribution in [0.3, 0.4) is 0 Å². The molecule has 0 saturated heterocycles. The van der Waals surface area contributed by atoms with Crippen molar-refractivity contribution in [1.82, 2.24) is 4.57 Å². The van der Waals surface area contributed by atoms with Crippen molar-refractivity contribution in [2.45, 2.75) is 25.3 Å². The summed E-state index contributed by atoms with van der Waals surface area (Å²) < 4.78 is 42.1. The van der Waals surface area contributed by atoms with Crippen LogP contribution in [0.2, 0.25) is 0 Å². The Kier molecular flexibility index (Phi) is 5.85. The molecule has 0 aliphatic carbocycles. The highest BCUT2D eigenvalue weighted by Gasteiger charge is 2.16. The SMILES string of the molecule is CCOC(=O)c1ccc2c(c1)sc(=NS(=O)(=O)c1ccc(OC)cc1)n2CC. The van der Waals surface area contributed by atoms with Crippen LogP contribution in [0.25, 0.3) is 10.2 Å². The Bertz CT molecular complexity index is 1180. The Morgan fingerprint density at radius 1 is 1.14 bits per heavy atom. The standard InChI is InChI=1S/C19H20N2O5S2/c1-4-21-16-11-6-13(18(22)26-5-2)12-17(16)27-19(21)20-28(23,24)15-9-7-14(25-3)8-10-15/h6-12H,4-5H2,1-3H3. The number of ether oxygens (including phenoxy) is 2. The molecule has 0 aliphatic heterocycles. The number of nitrogens with zero attached hydrogens (tertiary/aromatic N) is 2. The Hall–Kier alpha value is -2.65. The molecule has 9 heteroatoms. The molecule has 28 heavy (non-hydrogen) atoms. The number of fused-ring (bicyclic) bond motifs is 1. The van der Waals surface area contributed by atoms with Crippen molar-refractivity contribution in [2.75, 3.05) is 13.7 Å². The van der Waals surface area contributed by atoms with Crippen LogP contribution in [0.5, 0.6) is 5.75 Å². The molecule has 0 aliphatic rings. The van der Waals surface area contributed by atoms with E-state index < -0.39 is 16.0 Å². The topological polar surface area (TPSA) is 87.0 Å². The quantitative estimate of drug-likeness (QED) is 0.572. The smallest absolute Gasteiger partial charge is 0.338 e. The lowest BCUT2D eigenvalue weighted by Crippen LogP contribution is -2.16. The normalized spacial score (nSPS) is 12.3. The van der Waals surface area contributed by atoms with E-state index >= 15 is 0 Å². The molecule has 0 amide bonds. The maximum Gasteiger partial charge on any atom is 0.338 e. The second kappa shape index (κ2) is 8.15. The third-order valence-corrected chi connectivity index (χ3v) is 6.50. The first-order chi connectivity index (χ1) is 13.4. The molecule has 0 saturated carbocycles. The molecule has 3 aromatic rings. The summed E-state index contributed by atoms with van der Waals surface area (Å²) in [5.41, 5.74) is 1.23. The average Bonchev–Trinajstić information content (AvgIpc) is 3.03. The maximum absolute atomic E-state index is 12.7. The minimum atomic E-state index is -3.89. The van der Waals surface area contributed by atoms with Crippen LogP contribution in [0.4, 0.5) is 0 Å². The molecule has 3 rings (SSSR count). The molecule has 0 atom stereocenters. The van der Waals surface area contributed by atoms with Gasteiger partial charge in [-0.3, -0.25) is 0 Å². The summed E-state index contributed by atoms with van der Waals surface area (Å²) in [4.78, 5) is 12.4. The fourth-order valence-corrected chi connectivity index (χ4v) is 5.03. The molecule has 2 aromatic carbocycles. The Balaban J connectivity index is 2.11. The lowest BCUT2D eigenvalue weighted by Gasteiger charge is -2.03. The lowest BCUT2D eigenvalue weighted by molar-refractivity contribution is 0.0526. The number of benzene rings is 2. The highest BCUT2D eigenvalue weighted by Crippen LogP contribution is 2.21. The zero-order valence-corrected chi connectivity index (χ0v) is 17.3. The first-order valence-corrected chi connectivity index (χ1v) is 10.9.